The molecule has 0 aliphatic carbocycles. The van der Waals surface area contributed by atoms with Crippen LogP contribution in [0.4, 0.5) is 5.00 Å². The van der Waals surface area contributed by atoms with E-state index in [1.165, 1.54) is 0 Å². The minimum absolute atomic E-state index is 0.0756. The molecule has 0 bridgehead atoms. The van der Waals surface area contributed by atoms with E-state index >= 15 is 0 Å². The van der Waals surface area contributed by atoms with Crippen molar-refractivity contribution in [3.63, 3.8) is 0 Å². The van der Waals surface area contributed by atoms with Crippen molar-refractivity contribution in [1.29, 1.82) is 10.5 Å². The van der Waals surface area contributed by atoms with E-state index in [1.54, 1.807) is 31.4 Å². The molecule has 2 rings (SSSR count). The lowest BCUT2D eigenvalue weighted by atomic mass is 10.1. The highest BCUT2D eigenvalue weighted by molar-refractivity contribution is 7.17. The van der Waals surface area contributed by atoms with E-state index in [0.717, 1.165) is 16.9 Å². The number of anilines is 1. The summed E-state index contributed by atoms with van der Waals surface area (Å²) < 4.78 is 5.10. The van der Waals surface area contributed by atoms with Crippen molar-refractivity contribution >= 4 is 33.8 Å². The van der Waals surface area contributed by atoms with E-state index < -0.39 is 0 Å². The van der Waals surface area contributed by atoms with Crippen molar-refractivity contribution in [1.82, 2.24) is 0 Å². The van der Waals surface area contributed by atoms with Crippen LogP contribution in [0.25, 0.3) is 0 Å². The first-order valence-electron chi connectivity index (χ1n) is 6.14. The van der Waals surface area contributed by atoms with Gasteiger partial charge in [0.1, 0.15) is 33.3 Å². The Morgan fingerprint density at radius 1 is 1.41 bits per heavy atom. The summed E-state index contributed by atoms with van der Waals surface area (Å²) in [6, 6.07) is 10.9. The molecule has 0 saturated carbocycles. The molecule has 110 valence electrons. The highest BCUT2D eigenvalue weighted by atomic mass is 35.5. The van der Waals surface area contributed by atoms with Crippen molar-refractivity contribution in [2.24, 2.45) is 0 Å². The fourth-order valence-corrected chi connectivity index (χ4v) is 3.02. The minimum atomic E-state index is -0.299. The Kier molecular flexibility index (Phi) is 5.00. The maximum Gasteiger partial charge on any atom is 0.229 e. The number of thiophene rings is 1. The Morgan fingerprint density at radius 2 is 2.18 bits per heavy atom. The van der Waals surface area contributed by atoms with E-state index in [4.69, 9.17) is 26.9 Å². The molecule has 0 aliphatic heterocycles. The van der Waals surface area contributed by atoms with Crippen LogP contribution in [0.15, 0.2) is 24.3 Å². The van der Waals surface area contributed by atoms with Gasteiger partial charge in [0.15, 0.2) is 0 Å². The first-order valence-corrected chi connectivity index (χ1v) is 7.33. The van der Waals surface area contributed by atoms with Crippen LogP contribution < -0.4 is 10.1 Å². The van der Waals surface area contributed by atoms with Gasteiger partial charge in [0.25, 0.3) is 0 Å². The predicted octanol–water partition coefficient (Wildman–Crippen LogP) is 3.33. The third kappa shape index (κ3) is 3.37. The molecule has 0 aliphatic rings. The van der Waals surface area contributed by atoms with Gasteiger partial charge in [-0.2, -0.15) is 10.5 Å². The Labute approximate surface area is 136 Å². The standard InChI is InChI=1S/C15H10ClN3O2S/c1-21-10-4-2-3-9(5-10)6-13(20)19-15-11(7-17)14(16)12(8-18)22-15/h2-5H,6H2,1H3,(H,19,20). The first kappa shape index (κ1) is 15.8. The zero-order chi connectivity index (χ0) is 16.1. The Bertz CT molecular complexity index is 802. The number of benzene rings is 1. The van der Waals surface area contributed by atoms with Crippen LogP contribution in [0.1, 0.15) is 16.0 Å². The number of rotatable bonds is 4. The number of nitriles is 2. The molecule has 5 nitrogen and oxygen atoms in total. The fraction of sp³-hybridized carbons (Fsp3) is 0.133. The number of amides is 1. The van der Waals surface area contributed by atoms with Crippen molar-refractivity contribution in [3.8, 4) is 17.9 Å². The summed E-state index contributed by atoms with van der Waals surface area (Å²) in [4.78, 5) is 12.3. The second-order valence-electron chi connectivity index (χ2n) is 4.25. The first-order chi connectivity index (χ1) is 10.6. The van der Waals surface area contributed by atoms with Crippen molar-refractivity contribution < 1.29 is 9.53 Å². The molecule has 1 aromatic heterocycles. The van der Waals surface area contributed by atoms with Crippen LogP contribution in [-0.4, -0.2) is 13.0 Å². The van der Waals surface area contributed by atoms with Crippen LogP contribution >= 0.6 is 22.9 Å². The third-order valence-electron chi connectivity index (χ3n) is 2.82. The lowest BCUT2D eigenvalue weighted by Crippen LogP contribution is -2.14. The maximum absolute atomic E-state index is 12.1. The molecular formula is C15H10ClN3O2S. The average molecular weight is 332 g/mol. The molecule has 1 amide bonds. The van der Waals surface area contributed by atoms with Crippen LogP contribution in [0, 0.1) is 22.7 Å². The van der Waals surface area contributed by atoms with Crippen LogP contribution in [0.2, 0.25) is 5.02 Å². The molecule has 0 spiro atoms. The highest BCUT2D eigenvalue weighted by Crippen LogP contribution is 2.36. The number of hydrogen-bond acceptors (Lipinski definition) is 5. The summed E-state index contributed by atoms with van der Waals surface area (Å²) in [6.07, 6.45) is 0.124. The summed E-state index contributed by atoms with van der Waals surface area (Å²) in [5.41, 5.74) is 0.890. The highest BCUT2D eigenvalue weighted by Gasteiger charge is 2.18. The number of carbonyl (C=O) groups is 1. The summed E-state index contributed by atoms with van der Waals surface area (Å²) in [5.74, 6) is 0.362. The van der Waals surface area contributed by atoms with Gasteiger partial charge in [0.2, 0.25) is 5.91 Å². The Hall–Kier alpha value is -2.54. The van der Waals surface area contributed by atoms with E-state index in [-0.39, 0.29) is 32.8 Å². The molecule has 0 fully saturated rings. The lowest BCUT2D eigenvalue weighted by molar-refractivity contribution is -0.115. The molecule has 1 aromatic carbocycles. The van der Waals surface area contributed by atoms with Crippen LogP contribution in [-0.2, 0) is 11.2 Å². The molecule has 0 atom stereocenters. The van der Waals surface area contributed by atoms with Gasteiger partial charge < -0.3 is 10.1 Å². The predicted molar refractivity (Wildman–Crippen MR) is 84.1 cm³/mol. The third-order valence-corrected chi connectivity index (χ3v) is 4.32. The normalized spacial score (nSPS) is 9.64. The minimum Gasteiger partial charge on any atom is -0.497 e. The van der Waals surface area contributed by atoms with Gasteiger partial charge in [-0.05, 0) is 17.7 Å². The van der Waals surface area contributed by atoms with Gasteiger partial charge in [-0.3, -0.25) is 4.79 Å². The zero-order valence-corrected chi connectivity index (χ0v) is 13.1. The molecule has 7 heteroatoms. The van der Waals surface area contributed by atoms with Gasteiger partial charge in [0.05, 0.1) is 18.6 Å². The number of halogens is 1. The lowest BCUT2D eigenvalue weighted by Gasteiger charge is -2.05. The van der Waals surface area contributed by atoms with Crippen molar-refractivity contribution in [3.05, 3.63) is 45.3 Å². The molecular weight excluding hydrogens is 322 g/mol. The number of methoxy groups -OCH3 is 1. The fourth-order valence-electron chi connectivity index (χ4n) is 1.81. The summed E-state index contributed by atoms with van der Waals surface area (Å²) in [5, 5.41) is 21.0. The van der Waals surface area contributed by atoms with Gasteiger partial charge in [-0.1, -0.05) is 23.7 Å². The topological polar surface area (TPSA) is 85.9 Å². The smallest absolute Gasteiger partial charge is 0.229 e. The summed E-state index contributed by atoms with van der Waals surface area (Å²) >= 11 is 6.90. The maximum atomic E-state index is 12.1. The Balaban J connectivity index is 2.16. The van der Waals surface area contributed by atoms with Gasteiger partial charge in [-0.25, -0.2) is 0 Å². The van der Waals surface area contributed by atoms with E-state index in [9.17, 15) is 4.79 Å². The van der Waals surface area contributed by atoms with Crippen LogP contribution in [0.5, 0.6) is 5.75 Å². The summed E-state index contributed by atoms with van der Waals surface area (Å²) in [7, 11) is 1.55. The molecule has 0 saturated heterocycles. The summed E-state index contributed by atoms with van der Waals surface area (Å²) in [6.45, 7) is 0. The van der Waals surface area contributed by atoms with Crippen molar-refractivity contribution in [2.75, 3.05) is 12.4 Å². The Morgan fingerprint density at radius 3 is 2.82 bits per heavy atom. The molecule has 2 aromatic rings. The molecule has 0 radical (unpaired) electrons. The van der Waals surface area contributed by atoms with Gasteiger partial charge in [0, 0.05) is 0 Å². The number of hydrogen-bond donors (Lipinski definition) is 1. The van der Waals surface area contributed by atoms with E-state index in [0.29, 0.717) is 5.75 Å². The number of nitrogens with one attached hydrogen (secondary N) is 1. The molecule has 22 heavy (non-hydrogen) atoms. The SMILES string of the molecule is COc1cccc(CC(=O)Nc2sc(C#N)c(Cl)c2C#N)c1. The van der Waals surface area contributed by atoms with Crippen LogP contribution in [0.3, 0.4) is 0 Å². The average Bonchev–Trinajstić information content (AvgIpc) is 2.82. The van der Waals surface area contributed by atoms with Gasteiger partial charge in [-0.15, -0.1) is 11.3 Å². The van der Waals surface area contributed by atoms with E-state index in [2.05, 4.69) is 5.32 Å². The number of ether oxygens (including phenoxy) is 1. The molecule has 1 N–H and O–H groups in total. The second kappa shape index (κ2) is 6.95. The second-order valence-corrected chi connectivity index (χ2v) is 5.65. The molecule has 0 unspecified atom stereocenters. The van der Waals surface area contributed by atoms with Crippen molar-refractivity contribution in [2.45, 2.75) is 6.42 Å². The monoisotopic (exact) mass is 331 g/mol. The number of nitrogens with zero attached hydrogens (tertiary/aromatic N) is 2. The quantitative estimate of drug-likeness (QED) is 0.931. The number of carbonyl (C=O) groups excluding carboxylic acids is 1. The zero-order valence-electron chi connectivity index (χ0n) is 11.5. The van der Waals surface area contributed by atoms with Gasteiger partial charge >= 0.3 is 0 Å². The van der Waals surface area contributed by atoms with E-state index in [1.807, 2.05) is 12.1 Å². The largest absolute Gasteiger partial charge is 0.497 e. The molecule has 1 heterocycles.